The number of nitrogens with zero attached hydrogens (tertiary/aromatic N) is 1. The van der Waals surface area contributed by atoms with Gasteiger partial charge in [0.15, 0.2) is 0 Å². The van der Waals surface area contributed by atoms with Gasteiger partial charge in [0.2, 0.25) is 0 Å². The van der Waals surface area contributed by atoms with Crippen molar-refractivity contribution in [3.63, 3.8) is 0 Å². The summed E-state index contributed by atoms with van der Waals surface area (Å²) in [5.74, 6) is 0. The normalized spacial score (nSPS) is 11.7. The van der Waals surface area contributed by atoms with Gasteiger partial charge < -0.3 is 0 Å². The molecule has 0 aromatic heterocycles. The van der Waals surface area contributed by atoms with E-state index in [4.69, 9.17) is 5.26 Å². The van der Waals surface area contributed by atoms with Crippen molar-refractivity contribution in [3.8, 4) is 17.2 Å². The highest BCUT2D eigenvalue weighted by molar-refractivity contribution is 5.77. The summed E-state index contributed by atoms with van der Waals surface area (Å²) < 4.78 is 0. The molecule has 0 saturated carbocycles. The van der Waals surface area contributed by atoms with Crippen LogP contribution in [0.5, 0.6) is 0 Å². The molecule has 1 nitrogen and oxygen atoms in total. The van der Waals surface area contributed by atoms with Gasteiger partial charge in [-0.3, -0.25) is 0 Å². The number of benzene rings is 2. The maximum atomic E-state index is 8.59. The Kier molecular flexibility index (Phi) is 3.33. The van der Waals surface area contributed by atoms with E-state index in [2.05, 4.69) is 48.5 Å². The van der Waals surface area contributed by atoms with Crippen molar-refractivity contribution in [3.05, 3.63) is 59.2 Å². The summed E-state index contributed by atoms with van der Waals surface area (Å²) in [7, 11) is 0. The predicted octanol–water partition coefficient (Wildman–Crippen LogP) is 4.49. The molecular weight excluding hydrogens is 230 g/mol. The maximum Gasteiger partial charge on any atom is 0.0621 e. The molecule has 0 atom stereocenters. The van der Waals surface area contributed by atoms with Gasteiger partial charge in [-0.15, -0.1) is 0 Å². The number of unbranched alkanes of at least 4 members (excludes halogenated alkanes) is 2. The average Bonchev–Trinajstić information content (AvgIpc) is 2.83. The fourth-order valence-corrected chi connectivity index (χ4v) is 2.98. The first-order chi connectivity index (χ1) is 9.40. The summed E-state index contributed by atoms with van der Waals surface area (Å²) in [6, 6.07) is 17.6. The van der Waals surface area contributed by atoms with Crippen molar-refractivity contribution < 1.29 is 0 Å². The van der Waals surface area contributed by atoms with Crippen molar-refractivity contribution in [2.24, 2.45) is 0 Å². The molecule has 0 radical (unpaired) electrons. The van der Waals surface area contributed by atoms with Crippen LogP contribution in [0.3, 0.4) is 0 Å². The lowest BCUT2D eigenvalue weighted by Gasteiger charge is -2.07. The number of rotatable bonds is 4. The number of nitriles is 1. The minimum atomic E-state index is 0.676. The van der Waals surface area contributed by atoms with Crippen LogP contribution in [0, 0.1) is 11.3 Å². The topological polar surface area (TPSA) is 23.8 Å². The first-order valence-corrected chi connectivity index (χ1v) is 6.96. The highest BCUT2D eigenvalue weighted by atomic mass is 14.2. The lowest BCUT2D eigenvalue weighted by atomic mass is 9.97. The summed E-state index contributed by atoms with van der Waals surface area (Å²) in [6.45, 7) is 0. The third kappa shape index (κ3) is 2.27. The summed E-state index contributed by atoms with van der Waals surface area (Å²) in [5, 5.41) is 8.59. The van der Waals surface area contributed by atoms with Crippen LogP contribution >= 0.6 is 0 Å². The van der Waals surface area contributed by atoms with E-state index in [1.54, 1.807) is 0 Å². The average molecular weight is 247 g/mol. The first kappa shape index (κ1) is 12.0. The van der Waals surface area contributed by atoms with Gasteiger partial charge >= 0.3 is 0 Å². The Labute approximate surface area is 114 Å². The lowest BCUT2D eigenvalue weighted by molar-refractivity contribution is 0.749. The van der Waals surface area contributed by atoms with Gasteiger partial charge in [0.05, 0.1) is 6.07 Å². The van der Waals surface area contributed by atoms with E-state index in [1.807, 2.05) is 0 Å². The minimum absolute atomic E-state index is 0.676. The highest BCUT2D eigenvalue weighted by Gasteiger charge is 2.19. The van der Waals surface area contributed by atoms with Gasteiger partial charge in [0.1, 0.15) is 0 Å². The minimum Gasteiger partial charge on any atom is -0.198 e. The molecule has 0 N–H and O–H groups in total. The van der Waals surface area contributed by atoms with E-state index >= 15 is 0 Å². The number of hydrogen-bond donors (Lipinski definition) is 0. The third-order valence-corrected chi connectivity index (χ3v) is 3.93. The van der Waals surface area contributed by atoms with Gasteiger partial charge in [-0.1, -0.05) is 42.5 Å². The Hall–Kier alpha value is -2.07. The predicted molar refractivity (Wildman–Crippen MR) is 77.9 cm³/mol. The van der Waals surface area contributed by atoms with Crippen molar-refractivity contribution >= 4 is 0 Å². The monoisotopic (exact) mass is 247 g/mol. The fraction of sp³-hybridized carbons (Fsp3) is 0.278. The fourth-order valence-electron chi connectivity index (χ4n) is 2.98. The van der Waals surface area contributed by atoms with Crippen molar-refractivity contribution in [1.82, 2.24) is 0 Å². The molecule has 0 saturated heterocycles. The Morgan fingerprint density at radius 3 is 2.68 bits per heavy atom. The van der Waals surface area contributed by atoms with Crippen LogP contribution in [0.4, 0.5) is 0 Å². The Balaban J connectivity index is 1.85. The largest absolute Gasteiger partial charge is 0.198 e. The summed E-state index contributed by atoms with van der Waals surface area (Å²) in [6.07, 6.45) is 4.96. The second-order valence-electron chi connectivity index (χ2n) is 5.14. The molecule has 0 aliphatic heterocycles. The van der Waals surface area contributed by atoms with Crippen LogP contribution in [0.1, 0.15) is 36.0 Å². The van der Waals surface area contributed by atoms with Gasteiger partial charge in [-0.25, -0.2) is 0 Å². The molecule has 0 amide bonds. The van der Waals surface area contributed by atoms with E-state index in [1.165, 1.54) is 27.8 Å². The van der Waals surface area contributed by atoms with E-state index in [0.717, 1.165) is 25.7 Å². The van der Waals surface area contributed by atoms with Gasteiger partial charge in [0.25, 0.3) is 0 Å². The third-order valence-electron chi connectivity index (χ3n) is 3.93. The summed E-state index contributed by atoms with van der Waals surface area (Å²) >= 11 is 0. The van der Waals surface area contributed by atoms with Crippen LogP contribution in [0.25, 0.3) is 11.1 Å². The van der Waals surface area contributed by atoms with Crippen molar-refractivity contribution in [2.45, 2.75) is 32.1 Å². The highest BCUT2D eigenvalue weighted by Crippen LogP contribution is 2.38. The molecule has 1 aliphatic carbocycles. The van der Waals surface area contributed by atoms with Crippen LogP contribution in [-0.2, 0) is 12.8 Å². The second kappa shape index (κ2) is 5.28. The molecule has 1 heteroatoms. The number of aryl methyl sites for hydroxylation is 1. The molecule has 1 aliphatic rings. The molecule has 94 valence electrons. The molecule has 2 aromatic rings. The number of hydrogen-bond acceptors (Lipinski definition) is 1. The summed E-state index contributed by atoms with van der Waals surface area (Å²) in [4.78, 5) is 0. The SMILES string of the molecule is N#CCCCCc1cccc2c1Cc1ccccc1-2. The zero-order valence-electron chi connectivity index (χ0n) is 11.0. The summed E-state index contributed by atoms with van der Waals surface area (Å²) in [5.41, 5.74) is 7.22. The lowest BCUT2D eigenvalue weighted by Crippen LogP contribution is -1.93. The van der Waals surface area contributed by atoms with E-state index in [9.17, 15) is 0 Å². The van der Waals surface area contributed by atoms with Crippen LogP contribution in [0.15, 0.2) is 42.5 Å². The van der Waals surface area contributed by atoms with Crippen LogP contribution in [0.2, 0.25) is 0 Å². The molecule has 0 unspecified atom stereocenters. The van der Waals surface area contributed by atoms with Gasteiger partial charge in [0, 0.05) is 6.42 Å². The van der Waals surface area contributed by atoms with E-state index in [0.29, 0.717) is 6.42 Å². The van der Waals surface area contributed by atoms with Crippen LogP contribution < -0.4 is 0 Å². The standard InChI is InChI=1S/C18H17N/c19-12-5-1-2-7-14-9-6-11-17-16-10-4-3-8-15(16)13-18(14)17/h3-4,6,8-11H,1-2,5,7,13H2. The molecule has 0 heterocycles. The zero-order valence-corrected chi connectivity index (χ0v) is 11.0. The van der Waals surface area contributed by atoms with Gasteiger partial charge in [-0.05, 0) is 53.5 Å². The van der Waals surface area contributed by atoms with Crippen molar-refractivity contribution in [2.75, 3.05) is 0 Å². The molecule has 0 fully saturated rings. The molecule has 3 rings (SSSR count). The van der Waals surface area contributed by atoms with E-state index < -0.39 is 0 Å². The second-order valence-corrected chi connectivity index (χ2v) is 5.14. The van der Waals surface area contributed by atoms with E-state index in [-0.39, 0.29) is 0 Å². The Morgan fingerprint density at radius 1 is 0.947 bits per heavy atom. The van der Waals surface area contributed by atoms with Crippen molar-refractivity contribution in [1.29, 1.82) is 5.26 Å². The van der Waals surface area contributed by atoms with Crippen LogP contribution in [-0.4, -0.2) is 0 Å². The Bertz CT molecular complexity index is 634. The quantitative estimate of drug-likeness (QED) is 0.623. The molecular formula is C18H17N. The maximum absolute atomic E-state index is 8.59. The Morgan fingerprint density at radius 2 is 1.79 bits per heavy atom. The first-order valence-electron chi connectivity index (χ1n) is 6.96. The number of fused-ring (bicyclic) bond motifs is 3. The smallest absolute Gasteiger partial charge is 0.0621 e. The zero-order chi connectivity index (χ0) is 13.1. The molecule has 0 bridgehead atoms. The molecule has 0 spiro atoms. The van der Waals surface area contributed by atoms with Gasteiger partial charge in [-0.2, -0.15) is 5.26 Å². The molecule has 2 aromatic carbocycles. The molecule has 19 heavy (non-hydrogen) atoms.